The third-order valence-corrected chi connectivity index (χ3v) is 10.3. The lowest BCUT2D eigenvalue weighted by molar-refractivity contribution is -0.128. The molecule has 0 bridgehead atoms. The molecule has 0 heterocycles. The standard InChI is InChI=1S/C18H34O3Si/c1-13-9-10-15(18(5,6)16(13)20)14(11-19)12-21-22(7,8)17(2,3)4/h9,14-15,19H,10-12H2,1-8H3. The van der Waals surface area contributed by atoms with Crippen molar-refractivity contribution < 1.29 is 14.3 Å². The molecule has 0 aromatic rings. The second-order valence-electron chi connectivity index (χ2n) is 8.79. The predicted molar refractivity (Wildman–Crippen MR) is 94.4 cm³/mol. The molecule has 0 saturated carbocycles. The smallest absolute Gasteiger partial charge is 0.191 e. The van der Waals surface area contributed by atoms with Crippen molar-refractivity contribution >= 4 is 14.1 Å². The summed E-state index contributed by atoms with van der Waals surface area (Å²) in [4.78, 5) is 12.5. The van der Waals surface area contributed by atoms with E-state index in [0.717, 1.165) is 12.0 Å². The Hall–Kier alpha value is -0.453. The van der Waals surface area contributed by atoms with Crippen LogP contribution in [0.2, 0.25) is 18.1 Å². The van der Waals surface area contributed by atoms with E-state index in [9.17, 15) is 9.90 Å². The number of allylic oxidation sites excluding steroid dienone is 2. The van der Waals surface area contributed by atoms with Gasteiger partial charge in [0.05, 0.1) is 0 Å². The Labute approximate surface area is 137 Å². The summed E-state index contributed by atoms with van der Waals surface area (Å²) in [7, 11) is -1.84. The van der Waals surface area contributed by atoms with Crippen LogP contribution in [0.15, 0.2) is 11.6 Å². The first-order valence-corrected chi connectivity index (χ1v) is 11.2. The highest BCUT2D eigenvalue weighted by Crippen LogP contribution is 2.43. The lowest BCUT2D eigenvalue weighted by Gasteiger charge is -2.43. The van der Waals surface area contributed by atoms with E-state index >= 15 is 0 Å². The average Bonchev–Trinajstić information content (AvgIpc) is 2.37. The van der Waals surface area contributed by atoms with Crippen molar-refractivity contribution in [3.05, 3.63) is 11.6 Å². The van der Waals surface area contributed by atoms with Crippen LogP contribution >= 0.6 is 0 Å². The van der Waals surface area contributed by atoms with Crippen LogP contribution in [0.3, 0.4) is 0 Å². The lowest BCUT2D eigenvalue weighted by atomic mass is 9.64. The number of aliphatic hydroxyl groups is 1. The average molecular weight is 327 g/mol. The van der Waals surface area contributed by atoms with Crippen molar-refractivity contribution in [1.29, 1.82) is 0 Å². The van der Waals surface area contributed by atoms with Gasteiger partial charge in [-0.3, -0.25) is 4.79 Å². The van der Waals surface area contributed by atoms with Gasteiger partial charge in [0.1, 0.15) is 0 Å². The Morgan fingerprint density at radius 2 is 1.95 bits per heavy atom. The molecule has 1 rings (SSSR count). The van der Waals surface area contributed by atoms with Crippen molar-refractivity contribution in [3.63, 3.8) is 0 Å². The van der Waals surface area contributed by atoms with E-state index in [0.29, 0.717) is 6.61 Å². The highest BCUT2D eigenvalue weighted by Gasteiger charge is 2.44. The van der Waals surface area contributed by atoms with Crippen molar-refractivity contribution in [2.45, 2.75) is 66.1 Å². The number of ketones is 1. The van der Waals surface area contributed by atoms with Crippen molar-refractivity contribution in [2.24, 2.45) is 17.3 Å². The first-order valence-electron chi connectivity index (χ1n) is 8.31. The van der Waals surface area contributed by atoms with Gasteiger partial charge in [0.2, 0.25) is 0 Å². The molecule has 0 aliphatic heterocycles. The highest BCUT2D eigenvalue weighted by atomic mass is 28.4. The Bertz CT molecular complexity index is 444. The minimum absolute atomic E-state index is 0.0115. The topological polar surface area (TPSA) is 46.5 Å². The van der Waals surface area contributed by atoms with Gasteiger partial charge in [-0.2, -0.15) is 0 Å². The molecule has 0 spiro atoms. The Morgan fingerprint density at radius 1 is 1.41 bits per heavy atom. The van der Waals surface area contributed by atoms with Crippen molar-refractivity contribution in [1.82, 2.24) is 0 Å². The molecule has 0 aromatic carbocycles. The molecule has 2 unspecified atom stereocenters. The maximum atomic E-state index is 12.5. The Kier molecular flexibility index (Phi) is 5.86. The first kappa shape index (κ1) is 19.6. The van der Waals surface area contributed by atoms with Crippen LogP contribution in [-0.4, -0.2) is 32.4 Å². The van der Waals surface area contributed by atoms with Crippen LogP contribution < -0.4 is 0 Å². The second-order valence-corrected chi connectivity index (χ2v) is 13.6. The molecule has 3 nitrogen and oxygen atoms in total. The molecule has 22 heavy (non-hydrogen) atoms. The van der Waals surface area contributed by atoms with E-state index in [-0.39, 0.29) is 29.3 Å². The molecule has 0 aromatic heterocycles. The molecule has 4 heteroatoms. The zero-order chi connectivity index (χ0) is 17.3. The normalized spacial score (nSPS) is 24.1. The van der Waals surface area contributed by atoms with Crippen LogP contribution in [0.5, 0.6) is 0 Å². The number of rotatable bonds is 5. The molecule has 0 saturated heterocycles. The van der Waals surface area contributed by atoms with Gasteiger partial charge in [-0.05, 0) is 43.0 Å². The van der Waals surface area contributed by atoms with Crippen molar-refractivity contribution in [3.8, 4) is 0 Å². The summed E-state index contributed by atoms with van der Waals surface area (Å²) in [5, 5.41) is 10.0. The highest BCUT2D eigenvalue weighted by molar-refractivity contribution is 6.74. The summed E-state index contributed by atoms with van der Waals surface area (Å²) in [6.45, 7) is 17.6. The number of carbonyl (C=O) groups excluding carboxylic acids is 1. The first-order chi connectivity index (χ1) is 9.84. The maximum Gasteiger partial charge on any atom is 0.191 e. The van der Waals surface area contributed by atoms with Gasteiger partial charge in [0, 0.05) is 24.5 Å². The second kappa shape index (κ2) is 6.58. The molecular weight excluding hydrogens is 292 g/mol. The van der Waals surface area contributed by atoms with Gasteiger partial charge in [-0.25, -0.2) is 0 Å². The number of aliphatic hydroxyl groups excluding tert-OH is 1. The monoisotopic (exact) mass is 326 g/mol. The molecule has 1 aliphatic carbocycles. The largest absolute Gasteiger partial charge is 0.416 e. The summed E-state index contributed by atoms with van der Waals surface area (Å²) in [5.41, 5.74) is 0.423. The summed E-state index contributed by atoms with van der Waals surface area (Å²) >= 11 is 0. The zero-order valence-electron chi connectivity index (χ0n) is 15.6. The van der Waals surface area contributed by atoms with E-state index in [1.165, 1.54) is 0 Å². The molecule has 0 radical (unpaired) electrons. The molecule has 1 N–H and O–H groups in total. The Balaban J connectivity index is 2.87. The summed E-state index contributed by atoms with van der Waals surface area (Å²) in [5.74, 6) is 0.352. The SMILES string of the molecule is CC1=CCC(C(CO)CO[Si](C)(C)C(C)(C)C)C(C)(C)C1=O. The lowest BCUT2D eigenvalue weighted by Crippen LogP contribution is -2.46. The van der Waals surface area contributed by atoms with E-state index in [2.05, 4.69) is 33.9 Å². The van der Waals surface area contributed by atoms with Crippen molar-refractivity contribution in [2.75, 3.05) is 13.2 Å². The van der Waals surface area contributed by atoms with Crippen LogP contribution in [0.25, 0.3) is 0 Å². The molecule has 2 atom stereocenters. The van der Waals surface area contributed by atoms with Gasteiger partial charge in [-0.15, -0.1) is 0 Å². The van der Waals surface area contributed by atoms with Gasteiger partial charge in [0.15, 0.2) is 14.1 Å². The van der Waals surface area contributed by atoms with Gasteiger partial charge >= 0.3 is 0 Å². The fourth-order valence-electron chi connectivity index (χ4n) is 2.98. The minimum Gasteiger partial charge on any atom is -0.416 e. The van der Waals surface area contributed by atoms with E-state index in [1.54, 1.807) is 0 Å². The van der Waals surface area contributed by atoms with Gasteiger partial charge in [-0.1, -0.05) is 40.7 Å². The fourth-order valence-corrected chi connectivity index (χ4v) is 4.04. The fraction of sp³-hybridized carbons (Fsp3) is 0.833. The molecule has 1 aliphatic rings. The van der Waals surface area contributed by atoms with Crippen LogP contribution in [-0.2, 0) is 9.22 Å². The van der Waals surface area contributed by atoms with Crippen LogP contribution in [0.1, 0.15) is 48.0 Å². The molecule has 0 fully saturated rings. The number of hydrogen-bond donors (Lipinski definition) is 1. The zero-order valence-corrected chi connectivity index (χ0v) is 16.6. The number of carbonyl (C=O) groups is 1. The third-order valence-electron chi connectivity index (χ3n) is 5.82. The number of Topliss-reactive ketones (excluding diaryl/α,β-unsaturated/α-hetero) is 1. The molecule has 0 amide bonds. The van der Waals surface area contributed by atoms with E-state index < -0.39 is 13.7 Å². The van der Waals surface area contributed by atoms with Gasteiger partial charge < -0.3 is 9.53 Å². The third kappa shape index (κ3) is 3.90. The summed E-state index contributed by atoms with van der Waals surface area (Å²) < 4.78 is 6.30. The minimum atomic E-state index is -1.84. The molecular formula is C18H34O3Si. The maximum absolute atomic E-state index is 12.5. The number of hydrogen-bond acceptors (Lipinski definition) is 3. The van der Waals surface area contributed by atoms with E-state index in [1.807, 2.05) is 26.8 Å². The predicted octanol–water partition coefficient (Wildman–Crippen LogP) is 4.18. The summed E-state index contributed by atoms with van der Waals surface area (Å²) in [6.07, 6.45) is 2.86. The van der Waals surface area contributed by atoms with Crippen LogP contribution in [0, 0.1) is 17.3 Å². The van der Waals surface area contributed by atoms with Crippen LogP contribution in [0.4, 0.5) is 0 Å². The Morgan fingerprint density at radius 3 is 2.41 bits per heavy atom. The van der Waals surface area contributed by atoms with Gasteiger partial charge in [0.25, 0.3) is 0 Å². The summed E-state index contributed by atoms with van der Waals surface area (Å²) in [6, 6.07) is 0. The van der Waals surface area contributed by atoms with E-state index in [4.69, 9.17) is 4.43 Å². The quantitative estimate of drug-likeness (QED) is 0.771. The molecule has 128 valence electrons.